The Balaban J connectivity index is 1.74. The van der Waals surface area contributed by atoms with E-state index < -0.39 is 17.9 Å². The van der Waals surface area contributed by atoms with Crippen molar-refractivity contribution in [1.82, 2.24) is 10.3 Å². The van der Waals surface area contributed by atoms with Gasteiger partial charge in [0.25, 0.3) is 0 Å². The van der Waals surface area contributed by atoms with Gasteiger partial charge in [0.05, 0.1) is 13.3 Å². The Hall–Kier alpha value is -3.20. The summed E-state index contributed by atoms with van der Waals surface area (Å²) in [5.74, 6) is -0.263. The third-order valence-corrected chi connectivity index (χ3v) is 4.08. The predicted molar refractivity (Wildman–Crippen MR) is 90.1 cm³/mol. The standard InChI is InChI=1S/C16H13N3O5S/c1-23-12-7-10(8-17-19-9-14(20)18-16(19)22)4-5-11(12)24-15(21)13-3-2-6-25-13/h2-8H,9H2,1H3,(H,18,20,22)/b17-8+. The van der Waals surface area contributed by atoms with E-state index in [4.69, 9.17) is 9.47 Å². The average Bonchev–Trinajstić information content (AvgIpc) is 3.23. The minimum absolute atomic E-state index is 0.122. The number of ether oxygens (including phenoxy) is 2. The van der Waals surface area contributed by atoms with Crippen LogP contribution in [0.25, 0.3) is 0 Å². The number of hydrogen-bond acceptors (Lipinski definition) is 7. The van der Waals surface area contributed by atoms with Crippen molar-refractivity contribution in [3.05, 3.63) is 46.2 Å². The number of hydrogen-bond donors (Lipinski definition) is 1. The lowest BCUT2D eigenvalue weighted by molar-refractivity contribution is -0.118. The molecule has 2 heterocycles. The molecule has 1 N–H and O–H groups in total. The van der Waals surface area contributed by atoms with Gasteiger partial charge in [0.1, 0.15) is 11.4 Å². The molecule has 1 aromatic heterocycles. The second kappa shape index (κ2) is 7.14. The van der Waals surface area contributed by atoms with Crippen LogP contribution in [0.5, 0.6) is 11.5 Å². The molecule has 0 saturated carbocycles. The van der Waals surface area contributed by atoms with E-state index in [9.17, 15) is 14.4 Å². The molecule has 128 valence electrons. The van der Waals surface area contributed by atoms with Gasteiger partial charge in [-0.15, -0.1) is 11.3 Å². The van der Waals surface area contributed by atoms with Crippen molar-refractivity contribution in [3.63, 3.8) is 0 Å². The molecule has 3 amide bonds. The molecule has 1 aromatic carbocycles. The molecule has 0 unspecified atom stereocenters. The highest BCUT2D eigenvalue weighted by atomic mass is 32.1. The van der Waals surface area contributed by atoms with E-state index in [1.807, 2.05) is 0 Å². The number of thiophene rings is 1. The summed E-state index contributed by atoms with van der Waals surface area (Å²) in [4.78, 5) is 35.0. The second-order valence-corrected chi connectivity index (χ2v) is 5.88. The van der Waals surface area contributed by atoms with Crippen molar-refractivity contribution < 1.29 is 23.9 Å². The zero-order valence-corrected chi connectivity index (χ0v) is 13.9. The molecular weight excluding hydrogens is 346 g/mol. The molecule has 25 heavy (non-hydrogen) atoms. The van der Waals surface area contributed by atoms with Gasteiger partial charge in [-0.2, -0.15) is 5.10 Å². The van der Waals surface area contributed by atoms with E-state index in [-0.39, 0.29) is 12.3 Å². The Labute approximate surface area is 146 Å². The molecule has 9 heteroatoms. The van der Waals surface area contributed by atoms with Gasteiger partial charge < -0.3 is 9.47 Å². The SMILES string of the molecule is COc1cc(/C=N/N2CC(=O)NC2=O)ccc1OC(=O)c1cccs1. The summed E-state index contributed by atoms with van der Waals surface area (Å²) in [6, 6.07) is 7.69. The fourth-order valence-corrected chi connectivity index (χ4v) is 2.65. The van der Waals surface area contributed by atoms with Gasteiger partial charge in [0, 0.05) is 0 Å². The van der Waals surface area contributed by atoms with Crippen molar-refractivity contribution in [2.45, 2.75) is 0 Å². The van der Waals surface area contributed by atoms with E-state index in [0.717, 1.165) is 5.01 Å². The molecule has 0 bridgehead atoms. The molecule has 2 aromatic rings. The number of carbonyl (C=O) groups excluding carboxylic acids is 3. The van der Waals surface area contributed by atoms with Crippen molar-refractivity contribution in [2.24, 2.45) is 5.10 Å². The van der Waals surface area contributed by atoms with Gasteiger partial charge in [-0.3, -0.25) is 10.1 Å². The van der Waals surface area contributed by atoms with Gasteiger partial charge >= 0.3 is 12.0 Å². The number of benzene rings is 1. The van der Waals surface area contributed by atoms with Crippen LogP contribution < -0.4 is 14.8 Å². The van der Waals surface area contributed by atoms with Crippen LogP contribution >= 0.6 is 11.3 Å². The lowest BCUT2D eigenvalue weighted by Gasteiger charge is -2.09. The van der Waals surface area contributed by atoms with Crippen LogP contribution in [-0.2, 0) is 4.79 Å². The van der Waals surface area contributed by atoms with E-state index >= 15 is 0 Å². The van der Waals surface area contributed by atoms with Crippen LogP contribution in [0.15, 0.2) is 40.8 Å². The highest BCUT2D eigenvalue weighted by molar-refractivity contribution is 7.12. The fourth-order valence-electron chi connectivity index (χ4n) is 2.05. The number of carbonyl (C=O) groups is 3. The minimum Gasteiger partial charge on any atom is -0.493 e. The Morgan fingerprint density at radius 1 is 1.32 bits per heavy atom. The summed E-state index contributed by atoms with van der Waals surface area (Å²) in [5.41, 5.74) is 0.611. The number of nitrogens with one attached hydrogen (secondary N) is 1. The van der Waals surface area contributed by atoms with Gasteiger partial charge in [0.2, 0.25) is 5.91 Å². The number of imide groups is 1. The summed E-state index contributed by atoms with van der Waals surface area (Å²) in [7, 11) is 1.45. The number of hydrazone groups is 1. The zero-order valence-electron chi connectivity index (χ0n) is 13.1. The van der Waals surface area contributed by atoms with E-state index in [1.165, 1.54) is 24.7 Å². The number of esters is 1. The normalized spacial score (nSPS) is 14.0. The highest BCUT2D eigenvalue weighted by Gasteiger charge is 2.25. The molecule has 0 spiro atoms. The third kappa shape index (κ3) is 3.83. The Bertz CT molecular complexity index is 847. The lowest BCUT2D eigenvalue weighted by Crippen LogP contribution is -2.24. The highest BCUT2D eigenvalue weighted by Crippen LogP contribution is 2.29. The first kappa shape index (κ1) is 16.7. The first-order valence-corrected chi connectivity index (χ1v) is 8.04. The molecule has 1 saturated heterocycles. The second-order valence-electron chi connectivity index (χ2n) is 4.93. The molecular formula is C16H13N3O5S. The third-order valence-electron chi connectivity index (χ3n) is 3.23. The average molecular weight is 359 g/mol. The Morgan fingerprint density at radius 2 is 2.16 bits per heavy atom. The van der Waals surface area contributed by atoms with Crippen molar-refractivity contribution in [3.8, 4) is 11.5 Å². The number of amides is 3. The minimum atomic E-state index is -0.574. The van der Waals surface area contributed by atoms with Crippen molar-refractivity contribution >= 4 is 35.5 Å². The molecule has 0 aliphatic carbocycles. The predicted octanol–water partition coefficient (Wildman–Crippen LogP) is 1.86. The topological polar surface area (TPSA) is 97.3 Å². The van der Waals surface area contributed by atoms with Gasteiger partial charge in [-0.05, 0) is 35.2 Å². The molecule has 1 aliphatic heterocycles. The molecule has 1 fully saturated rings. The fraction of sp³-hybridized carbons (Fsp3) is 0.125. The summed E-state index contributed by atoms with van der Waals surface area (Å²) in [5, 5.41) is 8.87. The van der Waals surface area contributed by atoms with E-state index in [1.54, 1.807) is 35.7 Å². The van der Waals surface area contributed by atoms with Crippen molar-refractivity contribution in [2.75, 3.05) is 13.7 Å². The first-order valence-electron chi connectivity index (χ1n) is 7.16. The number of nitrogens with zero attached hydrogens (tertiary/aromatic N) is 2. The van der Waals surface area contributed by atoms with Crippen LogP contribution in [0.4, 0.5) is 4.79 Å². The van der Waals surface area contributed by atoms with Crippen LogP contribution in [0, 0.1) is 0 Å². The van der Waals surface area contributed by atoms with Crippen LogP contribution in [0.1, 0.15) is 15.2 Å². The summed E-state index contributed by atoms with van der Waals surface area (Å²) >= 11 is 1.28. The van der Waals surface area contributed by atoms with Gasteiger partial charge in [0.15, 0.2) is 11.5 Å². The van der Waals surface area contributed by atoms with Crippen LogP contribution in [0.3, 0.4) is 0 Å². The van der Waals surface area contributed by atoms with Gasteiger partial charge in [-0.25, -0.2) is 14.6 Å². The summed E-state index contributed by atoms with van der Waals surface area (Å²) in [6.07, 6.45) is 1.41. The number of methoxy groups -OCH3 is 1. The monoisotopic (exact) mass is 359 g/mol. The molecule has 0 radical (unpaired) electrons. The van der Waals surface area contributed by atoms with Gasteiger partial charge in [-0.1, -0.05) is 6.07 Å². The van der Waals surface area contributed by atoms with Crippen LogP contribution in [-0.4, -0.2) is 42.8 Å². The maximum atomic E-state index is 12.0. The zero-order chi connectivity index (χ0) is 17.8. The summed E-state index contributed by atoms with van der Waals surface area (Å²) < 4.78 is 10.6. The number of urea groups is 1. The van der Waals surface area contributed by atoms with E-state index in [2.05, 4.69) is 10.4 Å². The number of rotatable bonds is 5. The van der Waals surface area contributed by atoms with E-state index in [0.29, 0.717) is 16.2 Å². The van der Waals surface area contributed by atoms with Crippen molar-refractivity contribution in [1.29, 1.82) is 0 Å². The quantitative estimate of drug-likeness (QED) is 0.380. The molecule has 0 atom stereocenters. The smallest absolute Gasteiger partial charge is 0.353 e. The Morgan fingerprint density at radius 3 is 2.80 bits per heavy atom. The lowest BCUT2D eigenvalue weighted by atomic mass is 10.2. The first-order chi connectivity index (χ1) is 12.1. The molecule has 8 nitrogen and oxygen atoms in total. The largest absolute Gasteiger partial charge is 0.493 e. The molecule has 1 aliphatic rings. The Kier molecular flexibility index (Phi) is 4.75. The summed E-state index contributed by atoms with van der Waals surface area (Å²) in [6.45, 7) is -0.122. The van der Waals surface area contributed by atoms with Crippen LogP contribution in [0.2, 0.25) is 0 Å². The molecule has 3 rings (SSSR count). The maximum Gasteiger partial charge on any atom is 0.353 e. The maximum absolute atomic E-state index is 12.0.